The third-order valence-corrected chi connectivity index (χ3v) is 5.11. The zero-order valence-corrected chi connectivity index (χ0v) is 13.7. The van der Waals surface area contributed by atoms with Gasteiger partial charge in [-0.3, -0.25) is 0 Å². The lowest BCUT2D eigenvalue weighted by Crippen LogP contribution is -2.55. The Kier molecular flexibility index (Phi) is 4.85. The van der Waals surface area contributed by atoms with Crippen molar-refractivity contribution in [2.24, 2.45) is 0 Å². The number of hydrogen-bond acceptors (Lipinski definition) is 2. The number of halogens is 1. The number of alkyl halides is 1. The fourth-order valence-electron chi connectivity index (χ4n) is 3.54. The number of nitrogens with zero attached hydrogens (tertiary/aromatic N) is 1. The van der Waals surface area contributed by atoms with Crippen LogP contribution >= 0.6 is 0 Å². The normalized spacial score (nSPS) is 27.5. The van der Waals surface area contributed by atoms with Crippen molar-refractivity contribution >= 4 is 6.03 Å². The van der Waals surface area contributed by atoms with E-state index in [0.717, 1.165) is 19.5 Å². The molecule has 126 valence electrons. The molecule has 1 aromatic rings. The molecule has 0 saturated carbocycles. The number of hydrogen-bond donors (Lipinski definition) is 2. The minimum Gasteiger partial charge on any atom is -0.333 e. The topological polar surface area (TPSA) is 44.4 Å². The monoisotopic (exact) mass is 319 g/mol. The predicted molar refractivity (Wildman–Crippen MR) is 89.3 cm³/mol. The van der Waals surface area contributed by atoms with Crippen LogP contribution in [-0.4, -0.2) is 48.8 Å². The van der Waals surface area contributed by atoms with Gasteiger partial charge in [0, 0.05) is 31.6 Å². The molecule has 2 saturated heterocycles. The predicted octanol–water partition coefficient (Wildman–Crippen LogP) is 2.67. The van der Waals surface area contributed by atoms with Gasteiger partial charge in [0.2, 0.25) is 0 Å². The average Bonchev–Trinajstić information content (AvgIpc) is 2.56. The highest BCUT2D eigenvalue weighted by molar-refractivity contribution is 5.74. The van der Waals surface area contributed by atoms with Gasteiger partial charge >= 0.3 is 6.03 Å². The first-order valence-corrected chi connectivity index (χ1v) is 8.55. The molecule has 0 aromatic heterocycles. The Hall–Kier alpha value is -1.62. The van der Waals surface area contributed by atoms with E-state index in [1.54, 1.807) is 11.8 Å². The molecule has 0 aliphatic carbocycles. The first-order valence-electron chi connectivity index (χ1n) is 8.55. The maximum absolute atomic E-state index is 13.9. The van der Waals surface area contributed by atoms with E-state index in [1.165, 1.54) is 5.56 Å². The van der Waals surface area contributed by atoms with Crippen molar-refractivity contribution in [3.8, 4) is 0 Å². The van der Waals surface area contributed by atoms with Gasteiger partial charge in [-0.15, -0.1) is 0 Å². The van der Waals surface area contributed by atoms with Crippen LogP contribution in [0.1, 0.15) is 37.7 Å². The Balaban J connectivity index is 1.62. The molecular weight excluding hydrogens is 293 g/mol. The summed E-state index contributed by atoms with van der Waals surface area (Å²) >= 11 is 0. The number of amides is 2. The summed E-state index contributed by atoms with van der Waals surface area (Å²) in [5, 5.41) is 6.53. The quantitative estimate of drug-likeness (QED) is 0.880. The molecule has 23 heavy (non-hydrogen) atoms. The van der Waals surface area contributed by atoms with Crippen LogP contribution in [-0.2, 0) is 0 Å². The van der Waals surface area contributed by atoms with Gasteiger partial charge in [-0.25, -0.2) is 9.18 Å². The Bertz CT molecular complexity index is 524. The van der Waals surface area contributed by atoms with Gasteiger partial charge in [0.15, 0.2) is 0 Å². The van der Waals surface area contributed by atoms with E-state index in [0.29, 0.717) is 31.8 Å². The third kappa shape index (κ3) is 4.02. The first-order chi connectivity index (χ1) is 11.1. The number of nitrogens with one attached hydrogen (secondary N) is 2. The van der Waals surface area contributed by atoms with Crippen LogP contribution in [0, 0.1) is 0 Å². The van der Waals surface area contributed by atoms with E-state index < -0.39 is 5.67 Å². The van der Waals surface area contributed by atoms with Crippen molar-refractivity contribution in [1.29, 1.82) is 0 Å². The summed E-state index contributed by atoms with van der Waals surface area (Å²) in [7, 11) is 0. The van der Waals surface area contributed by atoms with E-state index in [4.69, 9.17) is 0 Å². The smallest absolute Gasteiger partial charge is 0.317 e. The van der Waals surface area contributed by atoms with Gasteiger partial charge in [-0.1, -0.05) is 30.3 Å². The second kappa shape index (κ2) is 6.87. The fourth-order valence-corrected chi connectivity index (χ4v) is 3.54. The molecular formula is C18H26FN3O. The molecule has 3 rings (SSSR count). The molecule has 0 radical (unpaired) electrons. The van der Waals surface area contributed by atoms with Gasteiger partial charge in [0.1, 0.15) is 5.67 Å². The number of carbonyl (C=O) groups excluding carboxylic acids is 1. The summed E-state index contributed by atoms with van der Waals surface area (Å²) in [5.41, 5.74) is 0.143. The molecule has 2 heterocycles. The van der Waals surface area contributed by atoms with Gasteiger partial charge in [0.25, 0.3) is 0 Å². The van der Waals surface area contributed by atoms with E-state index in [-0.39, 0.29) is 12.1 Å². The summed E-state index contributed by atoms with van der Waals surface area (Å²) in [5.74, 6) is 0.331. The van der Waals surface area contributed by atoms with Gasteiger partial charge < -0.3 is 15.5 Å². The number of urea groups is 1. The van der Waals surface area contributed by atoms with Crippen molar-refractivity contribution < 1.29 is 9.18 Å². The molecule has 2 aliphatic heterocycles. The molecule has 0 spiro atoms. The summed E-state index contributed by atoms with van der Waals surface area (Å²) in [6, 6.07) is 10.4. The SMILES string of the molecule is CC1(F)CCN(C(=O)N[C@@H]2CNCC[C@@H]2c2ccccc2)CC1. The van der Waals surface area contributed by atoms with E-state index in [9.17, 15) is 9.18 Å². The molecule has 4 nitrogen and oxygen atoms in total. The number of piperidine rings is 2. The molecule has 0 unspecified atom stereocenters. The Labute approximate surface area is 137 Å². The van der Waals surface area contributed by atoms with Crippen LogP contribution < -0.4 is 10.6 Å². The summed E-state index contributed by atoms with van der Waals surface area (Å²) in [6.07, 6.45) is 1.86. The highest BCUT2D eigenvalue weighted by Gasteiger charge is 2.33. The van der Waals surface area contributed by atoms with Crippen molar-refractivity contribution in [2.45, 2.75) is 43.8 Å². The molecule has 1 aromatic carbocycles. The molecule has 2 amide bonds. The lowest BCUT2D eigenvalue weighted by molar-refractivity contribution is 0.0856. The van der Waals surface area contributed by atoms with E-state index >= 15 is 0 Å². The average molecular weight is 319 g/mol. The second-order valence-corrected chi connectivity index (χ2v) is 6.97. The molecule has 2 atom stereocenters. The molecule has 2 aliphatic rings. The molecule has 2 N–H and O–H groups in total. The lowest BCUT2D eigenvalue weighted by Gasteiger charge is -2.38. The number of rotatable bonds is 2. The van der Waals surface area contributed by atoms with Gasteiger partial charge in [0.05, 0.1) is 0 Å². The van der Waals surface area contributed by atoms with Crippen LogP contribution in [0.5, 0.6) is 0 Å². The summed E-state index contributed by atoms with van der Waals surface area (Å²) in [4.78, 5) is 14.3. The van der Waals surface area contributed by atoms with Gasteiger partial charge in [-0.05, 0) is 38.3 Å². The minimum atomic E-state index is -1.13. The van der Waals surface area contributed by atoms with Crippen molar-refractivity contribution in [3.63, 3.8) is 0 Å². The fraction of sp³-hybridized carbons (Fsp3) is 0.611. The van der Waals surface area contributed by atoms with Gasteiger partial charge in [-0.2, -0.15) is 0 Å². The molecule has 0 bridgehead atoms. The lowest BCUT2D eigenvalue weighted by atomic mass is 9.86. The maximum atomic E-state index is 13.9. The molecule has 5 heteroatoms. The number of likely N-dealkylation sites (tertiary alicyclic amines) is 1. The molecule has 2 fully saturated rings. The van der Waals surface area contributed by atoms with Crippen molar-refractivity contribution in [3.05, 3.63) is 35.9 Å². The van der Waals surface area contributed by atoms with Crippen molar-refractivity contribution in [2.75, 3.05) is 26.2 Å². The number of carbonyl (C=O) groups is 1. The second-order valence-electron chi connectivity index (χ2n) is 6.97. The minimum absolute atomic E-state index is 0.0601. The third-order valence-electron chi connectivity index (χ3n) is 5.11. The highest BCUT2D eigenvalue weighted by Crippen LogP contribution is 2.27. The summed E-state index contributed by atoms with van der Waals surface area (Å²) in [6.45, 7) is 4.36. The standard InChI is InChI=1S/C18H26FN3O/c1-18(19)8-11-22(12-9-18)17(23)21-16-13-20-10-7-15(16)14-5-3-2-4-6-14/h2-6,15-16,20H,7-13H2,1H3,(H,21,23)/t15-,16-/m1/s1. The van der Waals surface area contributed by atoms with Crippen molar-refractivity contribution in [1.82, 2.24) is 15.5 Å². The summed E-state index contributed by atoms with van der Waals surface area (Å²) < 4.78 is 13.9. The maximum Gasteiger partial charge on any atom is 0.317 e. The first kappa shape index (κ1) is 16.2. The van der Waals surface area contributed by atoms with Crippen LogP contribution in [0.15, 0.2) is 30.3 Å². The Morgan fingerprint density at radius 3 is 2.70 bits per heavy atom. The van der Waals surface area contributed by atoms with E-state index in [1.807, 2.05) is 18.2 Å². The van der Waals surface area contributed by atoms with Crippen LogP contribution in [0.3, 0.4) is 0 Å². The largest absolute Gasteiger partial charge is 0.333 e. The highest BCUT2D eigenvalue weighted by atomic mass is 19.1. The zero-order chi connectivity index (χ0) is 16.3. The Morgan fingerprint density at radius 2 is 2.00 bits per heavy atom. The number of benzene rings is 1. The van der Waals surface area contributed by atoms with Crippen LogP contribution in [0.2, 0.25) is 0 Å². The Morgan fingerprint density at radius 1 is 1.30 bits per heavy atom. The van der Waals surface area contributed by atoms with Crippen LogP contribution in [0.4, 0.5) is 9.18 Å². The zero-order valence-electron chi connectivity index (χ0n) is 13.7. The van der Waals surface area contributed by atoms with E-state index in [2.05, 4.69) is 22.8 Å². The van der Waals surface area contributed by atoms with Crippen LogP contribution in [0.25, 0.3) is 0 Å².